The van der Waals surface area contributed by atoms with Crippen molar-refractivity contribution in [3.05, 3.63) is 56.5 Å². The Balaban J connectivity index is 1.50. The number of rotatable bonds is 9. The van der Waals surface area contributed by atoms with Crippen molar-refractivity contribution in [3.8, 4) is 5.75 Å². The minimum absolute atomic E-state index is 0.103. The van der Waals surface area contributed by atoms with E-state index >= 15 is 0 Å². The summed E-state index contributed by atoms with van der Waals surface area (Å²) in [6.07, 6.45) is 7.79. The first-order valence-electron chi connectivity index (χ1n) is 13.0. The smallest absolute Gasteiger partial charge is 0.332 e. The van der Waals surface area contributed by atoms with E-state index < -0.39 is 5.97 Å². The van der Waals surface area contributed by atoms with Gasteiger partial charge in [-0.05, 0) is 80.9 Å². The Bertz CT molecular complexity index is 1370. The second kappa shape index (κ2) is 9.26. The number of H-pyrrole nitrogens is 1. The number of aliphatic carboxylic acids is 1. The van der Waals surface area contributed by atoms with E-state index in [2.05, 4.69) is 4.98 Å². The Morgan fingerprint density at radius 2 is 1.69 bits per heavy atom. The number of phenolic OH excluding ortho intramolecular Hbond substituents is 1. The predicted octanol–water partition coefficient (Wildman–Crippen LogP) is 3.70. The van der Waals surface area contributed by atoms with E-state index in [-0.39, 0.29) is 34.2 Å². The van der Waals surface area contributed by atoms with Gasteiger partial charge in [0.05, 0.1) is 0 Å². The van der Waals surface area contributed by atoms with Gasteiger partial charge < -0.3 is 15.2 Å². The average molecular weight is 495 g/mol. The molecule has 3 fully saturated rings. The summed E-state index contributed by atoms with van der Waals surface area (Å²) in [4.78, 5) is 46.1. The summed E-state index contributed by atoms with van der Waals surface area (Å²) in [5, 5.41) is 18.7. The number of carboxylic acids is 1. The molecule has 2 aromatic heterocycles. The van der Waals surface area contributed by atoms with Crippen molar-refractivity contribution >= 4 is 17.1 Å². The maximum atomic E-state index is 13.4. The van der Waals surface area contributed by atoms with Crippen LogP contribution in [0.4, 0.5) is 0 Å². The van der Waals surface area contributed by atoms with Crippen LogP contribution in [-0.4, -0.2) is 35.3 Å². The Morgan fingerprint density at radius 3 is 2.31 bits per heavy atom. The van der Waals surface area contributed by atoms with Gasteiger partial charge >= 0.3 is 11.7 Å². The molecule has 9 nitrogen and oxygen atoms in total. The molecule has 3 aliphatic rings. The third-order valence-corrected chi connectivity index (χ3v) is 8.64. The zero-order valence-electron chi connectivity index (χ0n) is 20.8. The number of fused-ring (bicyclic) bond motifs is 4. The molecule has 0 spiro atoms. The van der Waals surface area contributed by atoms with E-state index in [4.69, 9.17) is 10.1 Å². The molecule has 3 N–H and O–H groups in total. The number of hydrogen-bond acceptors (Lipinski definition) is 5. The standard InChI is InChI=1S/C27H34N4O5/c1-2-16-31-23(35)21-22(30(25(31)36)17-8-18-3-5-19(32)6-4-18)29-24(28-21)27-13-10-26(11-14-27,12-15-27)9-7-20(33)34/h3-6,32H,2,7-17H2,1H3,(H,28,29)(H,33,34). The summed E-state index contributed by atoms with van der Waals surface area (Å²) in [5.74, 6) is 0.240. The second-order valence-electron chi connectivity index (χ2n) is 10.8. The van der Waals surface area contributed by atoms with E-state index in [0.717, 1.165) is 56.3 Å². The normalized spacial score (nSPS) is 23.4. The Morgan fingerprint density at radius 1 is 1.03 bits per heavy atom. The predicted molar refractivity (Wildman–Crippen MR) is 135 cm³/mol. The molecular formula is C27H34N4O5. The summed E-state index contributed by atoms with van der Waals surface area (Å²) in [6, 6.07) is 6.91. The van der Waals surface area contributed by atoms with Crippen molar-refractivity contribution in [3.63, 3.8) is 0 Å². The van der Waals surface area contributed by atoms with E-state index in [9.17, 15) is 19.5 Å². The Hall–Kier alpha value is -3.36. The first-order chi connectivity index (χ1) is 17.3. The highest BCUT2D eigenvalue weighted by molar-refractivity contribution is 5.70. The number of hydrogen-bond donors (Lipinski definition) is 3. The number of aromatic hydroxyl groups is 1. The fraction of sp³-hybridized carbons (Fsp3) is 0.556. The number of aryl methyl sites for hydroxylation is 2. The molecule has 3 aliphatic carbocycles. The quantitative estimate of drug-likeness (QED) is 0.416. The van der Waals surface area contributed by atoms with Crippen LogP contribution in [0, 0.1) is 5.41 Å². The Kier molecular flexibility index (Phi) is 6.26. The first-order valence-corrected chi connectivity index (χ1v) is 13.0. The van der Waals surface area contributed by atoms with Crippen LogP contribution in [0.25, 0.3) is 11.2 Å². The first kappa shape index (κ1) is 24.3. The van der Waals surface area contributed by atoms with Crippen molar-refractivity contribution in [1.82, 2.24) is 19.1 Å². The van der Waals surface area contributed by atoms with Crippen LogP contribution in [0.3, 0.4) is 0 Å². The average Bonchev–Trinajstić information content (AvgIpc) is 3.34. The topological polar surface area (TPSA) is 130 Å². The number of phenols is 1. The van der Waals surface area contributed by atoms with Gasteiger partial charge in [-0.1, -0.05) is 19.1 Å². The lowest BCUT2D eigenvalue weighted by molar-refractivity contribution is -0.138. The monoisotopic (exact) mass is 494 g/mol. The number of nitrogens with zero attached hydrogens (tertiary/aromatic N) is 3. The van der Waals surface area contributed by atoms with Crippen LogP contribution < -0.4 is 11.2 Å². The lowest BCUT2D eigenvalue weighted by atomic mass is 9.52. The van der Waals surface area contributed by atoms with Crippen LogP contribution in [0.1, 0.15) is 76.1 Å². The highest BCUT2D eigenvalue weighted by Crippen LogP contribution is 2.59. The van der Waals surface area contributed by atoms with Gasteiger partial charge in [-0.25, -0.2) is 9.78 Å². The highest BCUT2D eigenvalue weighted by Gasteiger charge is 2.50. The van der Waals surface area contributed by atoms with Crippen molar-refractivity contribution in [2.45, 2.75) is 89.6 Å². The molecule has 0 radical (unpaired) electrons. The van der Waals surface area contributed by atoms with Crippen LogP contribution in [-0.2, 0) is 29.7 Å². The number of aromatic amines is 1. The number of nitrogens with one attached hydrogen (secondary N) is 1. The number of aromatic nitrogens is 4. The van der Waals surface area contributed by atoms with E-state index in [1.807, 2.05) is 19.1 Å². The molecule has 1 aromatic carbocycles. The van der Waals surface area contributed by atoms with Crippen molar-refractivity contribution in [2.75, 3.05) is 0 Å². The minimum Gasteiger partial charge on any atom is -0.508 e. The zero-order valence-corrected chi connectivity index (χ0v) is 20.8. The SMILES string of the molecule is CCCn1c(=O)c2[nH]c(C34CCC(CCC(=O)O)(CC3)CC4)nc2n(CCc2ccc(O)cc2)c1=O. The van der Waals surface area contributed by atoms with Gasteiger partial charge in [0.2, 0.25) is 0 Å². The van der Waals surface area contributed by atoms with Crippen molar-refractivity contribution in [1.29, 1.82) is 0 Å². The number of imidazole rings is 1. The summed E-state index contributed by atoms with van der Waals surface area (Å²) in [6.45, 7) is 2.66. The van der Waals surface area contributed by atoms with Gasteiger partial charge in [0.25, 0.3) is 5.56 Å². The van der Waals surface area contributed by atoms with E-state index in [1.165, 1.54) is 4.57 Å². The van der Waals surface area contributed by atoms with E-state index in [1.54, 1.807) is 16.7 Å². The zero-order chi connectivity index (χ0) is 25.5. The molecule has 2 bridgehead atoms. The lowest BCUT2D eigenvalue weighted by Crippen LogP contribution is -2.45. The molecule has 0 unspecified atom stereocenters. The minimum atomic E-state index is -0.738. The largest absolute Gasteiger partial charge is 0.508 e. The van der Waals surface area contributed by atoms with Crippen LogP contribution in [0.2, 0.25) is 0 Å². The Labute approximate surface area is 208 Å². The van der Waals surface area contributed by atoms with Gasteiger partial charge in [-0.15, -0.1) is 0 Å². The molecule has 3 aromatic rings. The van der Waals surface area contributed by atoms with Gasteiger partial charge in [0.15, 0.2) is 5.65 Å². The van der Waals surface area contributed by atoms with Gasteiger partial charge in [0, 0.05) is 24.9 Å². The van der Waals surface area contributed by atoms with Crippen LogP contribution in [0.15, 0.2) is 33.9 Å². The second-order valence-corrected chi connectivity index (χ2v) is 10.8. The fourth-order valence-electron chi connectivity index (χ4n) is 6.31. The van der Waals surface area contributed by atoms with Crippen molar-refractivity contribution < 1.29 is 15.0 Å². The molecular weight excluding hydrogens is 460 g/mol. The molecule has 0 amide bonds. The maximum Gasteiger partial charge on any atom is 0.332 e. The molecule has 192 valence electrons. The van der Waals surface area contributed by atoms with Gasteiger partial charge in [0.1, 0.15) is 17.1 Å². The third kappa shape index (κ3) is 4.24. The molecule has 9 heteroatoms. The van der Waals surface area contributed by atoms with E-state index in [0.29, 0.717) is 37.1 Å². The summed E-state index contributed by atoms with van der Waals surface area (Å²) >= 11 is 0. The molecule has 0 atom stereocenters. The summed E-state index contributed by atoms with van der Waals surface area (Å²) in [7, 11) is 0. The molecule has 2 heterocycles. The fourth-order valence-corrected chi connectivity index (χ4v) is 6.31. The van der Waals surface area contributed by atoms with Crippen LogP contribution >= 0.6 is 0 Å². The number of benzene rings is 1. The number of carbonyl (C=O) groups is 1. The van der Waals surface area contributed by atoms with Gasteiger partial charge in [-0.2, -0.15) is 0 Å². The van der Waals surface area contributed by atoms with Gasteiger partial charge in [-0.3, -0.25) is 18.7 Å². The molecule has 36 heavy (non-hydrogen) atoms. The third-order valence-electron chi connectivity index (χ3n) is 8.64. The summed E-state index contributed by atoms with van der Waals surface area (Å²) < 4.78 is 2.91. The molecule has 6 rings (SSSR count). The molecule has 0 saturated heterocycles. The highest BCUT2D eigenvalue weighted by atomic mass is 16.4. The maximum absolute atomic E-state index is 13.4. The van der Waals surface area contributed by atoms with Crippen LogP contribution in [0.5, 0.6) is 5.75 Å². The molecule has 3 saturated carbocycles. The van der Waals surface area contributed by atoms with Crippen molar-refractivity contribution in [2.24, 2.45) is 5.41 Å². The summed E-state index contributed by atoms with van der Waals surface area (Å²) in [5.41, 5.74) is 1.04. The molecule has 0 aliphatic heterocycles. The lowest BCUT2D eigenvalue weighted by Gasteiger charge is -2.52. The number of carboxylic acid groups (broad SMARTS) is 1.